The number of likely N-dealkylation sites (tertiary alicyclic amines) is 2. The highest BCUT2D eigenvalue weighted by Crippen LogP contribution is 2.41. The van der Waals surface area contributed by atoms with E-state index in [-0.39, 0.29) is 12.1 Å². The Bertz CT molecular complexity index is 735. The van der Waals surface area contributed by atoms with E-state index in [1.807, 2.05) is 24.3 Å². The molecule has 1 aromatic rings. The van der Waals surface area contributed by atoms with Gasteiger partial charge in [-0.25, -0.2) is 0 Å². The average Bonchev–Trinajstić information content (AvgIpc) is 3.08. The van der Waals surface area contributed by atoms with Gasteiger partial charge in [0.25, 0.3) is 0 Å². The summed E-state index contributed by atoms with van der Waals surface area (Å²) >= 11 is 0. The molecule has 4 rings (SSSR count). The van der Waals surface area contributed by atoms with E-state index in [1.54, 1.807) is 0 Å². The number of nitrogens with zero attached hydrogens (tertiary/aromatic N) is 3. The highest BCUT2D eigenvalue weighted by Gasteiger charge is 2.52. The molecule has 1 aliphatic carbocycles. The van der Waals surface area contributed by atoms with Crippen molar-refractivity contribution in [3.63, 3.8) is 0 Å². The lowest BCUT2D eigenvalue weighted by molar-refractivity contribution is -0.152. The van der Waals surface area contributed by atoms with Crippen LogP contribution in [0.2, 0.25) is 0 Å². The molecular formula is C22H29N3O2. The monoisotopic (exact) mass is 367 g/mol. The van der Waals surface area contributed by atoms with Crippen LogP contribution >= 0.6 is 0 Å². The molecule has 1 unspecified atom stereocenters. The minimum atomic E-state index is -0.392. The maximum Gasteiger partial charge on any atom is 0.243 e. The van der Waals surface area contributed by atoms with Crippen LogP contribution in [-0.4, -0.2) is 51.6 Å². The van der Waals surface area contributed by atoms with Crippen LogP contribution in [0.1, 0.15) is 62.5 Å². The van der Waals surface area contributed by atoms with E-state index >= 15 is 0 Å². The molecule has 1 amide bonds. The van der Waals surface area contributed by atoms with Gasteiger partial charge in [0.1, 0.15) is 5.54 Å². The molecule has 2 heterocycles. The van der Waals surface area contributed by atoms with E-state index in [0.717, 1.165) is 70.0 Å². The fourth-order valence-electron chi connectivity index (χ4n) is 5.40. The fraction of sp³-hybridized carbons (Fsp3) is 0.636. The third kappa shape index (κ3) is 3.37. The van der Waals surface area contributed by atoms with Gasteiger partial charge >= 0.3 is 0 Å². The van der Waals surface area contributed by atoms with Crippen LogP contribution in [0.5, 0.6) is 0 Å². The minimum Gasteiger partial charge on any atom is -0.393 e. The number of hydrogen-bond donors (Lipinski definition) is 1. The van der Waals surface area contributed by atoms with Crippen molar-refractivity contribution in [1.29, 1.82) is 5.26 Å². The van der Waals surface area contributed by atoms with Gasteiger partial charge in [-0.05, 0) is 69.5 Å². The number of rotatable bonds is 3. The predicted octanol–water partition coefficient (Wildman–Crippen LogP) is 2.82. The number of hydrogen-bond acceptors (Lipinski definition) is 4. The van der Waals surface area contributed by atoms with Crippen molar-refractivity contribution in [2.45, 2.75) is 75.6 Å². The third-order valence-corrected chi connectivity index (χ3v) is 6.88. The Kier molecular flexibility index (Phi) is 5.21. The summed E-state index contributed by atoms with van der Waals surface area (Å²) < 4.78 is 0. The first-order valence-corrected chi connectivity index (χ1v) is 10.4. The summed E-state index contributed by atoms with van der Waals surface area (Å²) in [5, 5.41) is 19.2. The van der Waals surface area contributed by atoms with Crippen LogP contribution in [0.4, 0.5) is 0 Å². The average molecular weight is 367 g/mol. The summed E-state index contributed by atoms with van der Waals surface area (Å²) in [6, 6.07) is 10.3. The van der Waals surface area contributed by atoms with E-state index in [0.29, 0.717) is 18.0 Å². The molecule has 0 bridgehead atoms. The molecular weight excluding hydrogens is 338 g/mol. The number of amides is 1. The number of aliphatic hydroxyl groups is 1. The molecule has 0 aromatic heterocycles. The molecule has 0 radical (unpaired) electrons. The van der Waals surface area contributed by atoms with Crippen LogP contribution in [0.15, 0.2) is 24.3 Å². The second-order valence-corrected chi connectivity index (χ2v) is 8.39. The molecule has 3 aliphatic rings. The van der Waals surface area contributed by atoms with Gasteiger partial charge in [-0.3, -0.25) is 9.69 Å². The second kappa shape index (κ2) is 7.61. The van der Waals surface area contributed by atoms with E-state index < -0.39 is 5.54 Å². The number of aliphatic hydroxyl groups excluding tert-OH is 1. The first-order chi connectivity index (χ1) is 13.1. The zero-order chi connectivity index (χ0) is 18.9. The summed E-state index contributed by atoms with van der Waals surface area (Å²) in [5.41, 5.74) is 1.34. The Balaban J connectivity index is 1.55. The van der Waals surface area contributed by atoms with E-state index in [4.69, 9.17) is 0 Å². The molecule has 1 atom stereocenters. The zero-order valence-electron chi connectivity index (χ0n) is 15.9. The maximum absolute atomic E-state index is 13.6. The van der Waals surface area contributed by atoms with Gasteiger partial charge in [-0.1, -0.05) is 18.2 Å². The molecule has 3 fully saturated rings. The van der Waals surface area contributed by atoms with E-state index in [9.17, 15) is 15.2 Å². The Morgan fingerprint density at radius 3 is 2.56 bits per heavy atom. The fourth-order valence-corrected chi connectivity index (χ4v) is 5.40. The first kappa shape index (κ1) is 18.5. The van der Waals surface area contributed by atoms with E-state index in [2.05, 4.69) is 15.9 Å². The van der Waals surface area contributed by atoms with Crippen molar-refractivity contribution < 1.29 is 9.90 Å². The molecule has 27 heavy (non-hydrogen) atoms. The van der Waals surface area contributed by atoms with Crippen molar-refractivity contribution in [3.05, 3.63) is 35.4 Å². The Labute approximate surface area is 161 Å². The maximum atomic E-state index is 13.6. The van der Waals surface area contributed by atoms with Gasteiger partial charge in [-0.15, -0.1) is 0 Å². The summed E-state index contributed by atoms with van der Waals surface area (Å²) in [6.07, 6.45) is 7.18. The normalized spacial score (nSPS) is 32.0. The lowest BCUT2D eigenvalue weighted by Gasteiger charge is -2.48. The summed E-state index contributed by atoms with van der Waals surface area (Å²) in [5.74, 6) is 0.294. The highest BCUT2D eigenvalue weighted by molar-refractivity contribution is 5.88. The molecule has 144 valence electrons. The van der Waals surface area contributed by atoms with Gasteiger partial charge in [0.15, 0.2) is 0 Å². The number of carbonyl (C=O) groups excluding carboxylic acids is 1. The van der Waals surface area contributed by atoms with Gasteiger partial charge in [0, 0.05) is 19.1 Å². The molecule has 1 N–H and O–H groups in total. The molecule has 2 aliphatic heterocycles. The zero-order valence-corrected chi connectivity index (χ0v) is 15.9. The summed E-state index contributed by atoms with van der Waals surface area (Å²) in [4.78, 5) is 18.1. The topological polar surface area (TPSA) is 67.6 Å². The van der Waals surface area contributed by atoms with Crippen LogP contribution in [-0.2, 0) is 11.3 Å². The first-order valence-electron chi connectivity index (χ1n) is 10.4. The number of benzene rings is 1. The van der Waals surface area contributed by atoms with Gasteiger partial charge in [-0.2, -0.15) is 5.26 Å². The van der Waals surface area contributed by atoms with Crippen molar-refractivity contribution in [3.8, 4) is 6.07 Å². The quantitative estimate of drug-likeness (QED) is 0.892. The lowest BCUT2D eigenvalue weighted by Crippen LogP contribution is -2.62. The van der Waals surface area contributed by atoms with Gasteiger partial charge in [0.05, 0.1) is 17.7 Å². The molecule has 2 saturated heterocycles. The summed E-state index contributed by atoms with van der Waals surface area (Å²) in [6.45, 7) is 2.44. The van der Waals surface area contributed by atoms with Gasteiger partial charge in [0.2, 0.25) is 5.91 Å². The SMILES string of the molecule is N#Cc1ccccc1CN1CCCC12CCCN(C1CCC(O)CC1)C2=O. The summed E-state index contributed by atoms with van der Waals surface area (Å²) in [7, 11) is 0. The number of carbonyl (C=O) groups is 1. The van der Waals surface area contributed by atoms with E-state index in [1.165, 1.54) is 0 Å². The molecule has 1 saturated carbocycles. The van der Waals surface area contributed by atoms with Crippen LogP contribution in [0.25, 0.3) is 0 Å². The van der Waals surface area contributed by atoms with Crippen LogP contribution < -0.4 is 0 Å². The van der Waals surface area contributed by atoms with Crippen LogP contribution in [0.3, 0.4) is 0 Å². The van der Waals surface area contributed by atoms with Gasteiger partial charge < -0.3 is 10.0 Å². The number of piperidine rings is 1. The third-order valence-electron chi connectivity index (χ3n) is 6.88. The lowest BCUT2D eigenvalue weighted by atomic mass is 9.82. The Hall–Kier alpha value is -1.90. The Morgan fingerprint density at radius 1 is 1.11 bits per heavy atom. The van der Waals surface area contributed by atoms with Crippen molar-refractivity contribution in [2.24, 2.45) is 0 Å². The minimum absolute atomic E-state index is 0.194. The molecule has 1 aromatic carbocycles. The second-order valence-electron chi connectivity index (χ2n) is 8.39. The Morgan fingerprint density at radius 2 is 1.81 bits per heavy atom. The highest BCUT2D eigenvalue weighted by atomic mass is 16.3. The molecule has 5 nitrogen and oxygen atoms in total. The largest absolute Gasteiger partial charge is 0.393 e. The van der Waals surface area contributed by atoms with Crippen molar-refractivity contribution in [1.82, 2.24) is 9.80 Å². The van der Waals surface area contributed by atoms with Crippen molar-refractivity contribution in [2.75, 3.05) is 13.1 Å². The molecule has 1 spiro atoms. The predicted molar refractivity (Wildman–Crippen MR) is 103 cm³/mol. The van der Waals surface area contributed by atoms with Crippen LogP contribution in [0, 0.1) is 11.3 Å². The van der Waals surface area contributed by atoms with Crippen molar-refractivity contribution >= 4 is 5.91 Å². The molecule has 5 heteroatoms. The smallest absolute Gasteiger partial charge is 0.243 e. The standard InChI is InChI=1S/C22H29N3O2/c23-15-17-5-1-2-6-18(17)16-24-13-3-11-22(24)12-4-14-25(21(22)27)19-7-9-20(26)10-8-19/h1-2,5-6,19-20,26H,3-4,7-14,16H2. The number of nitriles is 1.